The second-order valence-corrected chi connectivity index (χ2v) is 4.58. The lowest BCUT2D eigenvalue weighted by Gasteiger charge is -2.43. The highest BCUT2D eigenvalue weighted by Crippen LogP contribution is 2.33. The molecule has 0 aliphatic heterocycles. The summed E-state index contributed by atoms with van der Waals surface area (Å²) in [4.78, 5) is 0. The van der Waals surface area contributed by atoms with Gasteiger partial charge in [0, 0.05) is 19.0 Å². The van der Waals surface area contributed by atoms with E-state index in [1.54, 1.807) is 0 Å². The van der Waals surface area contributed by atoms with E-state index in [1.165, 1.54) is 0 Å². The Hall–Kier alpha value is -0.0551. The SMILES string of the molecule is [B]C(CC)OC1(OCCC)CCCCC1N. The number of ether oxygens (including phenoxy) is 2. The second-order valence-electron chi connectivity index (χ2n) is 4.58. The van der Waals surface area contributed by atoms with Gasteiger partial charge in [-0.3, -0.25) is 0 Å². The Labute approximate surface area is 100 Å². The molecular formula is C12H24BNO2. The van der Waals surface area contributed by atoms with Gasteiger partial charge in [0.05, 0.1) is 6.04 Å². The van der Waals surface area contributed by atoms with Crippen LogP contribution >= 0.6 is 0 Å². The van der Waals surface area contributed by atoms with E-state index in [1.807, 2.05) is 6.92 Å². The van der Waals surface area contributed by atoms with E-state index in [0.717, 1.165) is 38.5 Å². The molecule has 0 aromatic heterocycles. The highest BCUT2D eigenvalue weighted by molar-refractivity contribution is 6.10. The molecule has 3 nitrogen and oxygen atoms in total. The van der Waals surface area contributed by atoms with Gasteiger partial charge in [-0.2, -0.15) is 0 Å². The first-order valence-electron chi connectivity index (χ1n) is 6.47. The molecule has 1 aliphatic rings. The van der Waals surface area contributed by atoms with Crippen molar-refractivity contribution in [2.75, 3.05) is 6.61 Å². The van der Waals surface area contributed by atoms with E-state index in [2.05, 4.69) is 6.92 Å². The van der Waals surface area contributed by atoms with Crippen LogP contribution < -0.4 is 5.73 Å². The maximum absolute atomic E-state index is 6.15. The number of hydrogen-bond donors (Lipinski definition) is 1. The lowest BCUT2D eigenvalue weighted by atomic mass is 9.88. The molecule has 16 heavy (non-hydrogen) atoms. The molecule has 0 bridgehead atoms. The van der Waals surface area contributed by atoms with Crippen LogP contribution in [-0.4, -0.2) is 32.3 Å². The second kappa shape index (κ2) is 6.62. The first-order valence-corrected chi connectivity index (χ1v) is 6.47. The minimum Gasteiger partial charge on any atom is -0.355 e. The summed E-state index contributed by atoms with van der Waals surface area (Å²) in [7, 11) is 5.87. The normalized spacial score (nSPS) is 32.6. The number of hydrogen-bond acceptors (Lipinski definition) is 3. The Morgan fingerprint density at radius 1 is 1.44 bits per heavy atom. The first-order chi connectivity index (χ1) is 7.64. The van der Waals surface area contributed by atoms with Gasteiger partial charge in [0.2, 0.25) is 0 Å². The zero-order valence-corrected chi connectivity index (χ0v) is 10.6. The quantitative estimate of drug-likeness (QED) is 0.555. The molecule has 0 aromatic carbocycles. The van der Waals surface area contributed by atoms with E-state index in [0.29, 0.717) is 6.61 Å². The van der Waals surface area contributed by atoms with Crippen molar-refractivity contribution >= 4 is 7.85 Å². The topological polar surface area (TPSA) is 44.5 Å². The maximum Gasteiger partial charge on any atom is 0.182 e. The van der Waals surface area contributed by atoms with Gasteiger partial charge in [-0.1, -0.05) is 20.3 Å². The summed E-state index contributed by atoms with van der Waals surface area (Å²) in [6.45, 7) is 4.78. The van der Waals surface area contributed by atoms with Crippen molar-refractivity contribution < 1.29 is 9.47 Å². The fourth-order valence-electron chi connectivity index (χ4n) is 2.11. The fourth-order valence-corrected chi connectivity index (χ4v) is 2.11. The molecule has 1 fully saturated rings. The maximum atomic E-state index is 6.15. The van der Waals surface area contributed by atoms with Crippen LogP contribution in [0.4, 0.5) is 0 Å². The van der Waals surface area contributed by atoms with Crippen molar-refractivity contribution in [1.82, 2.24) is 0 Å². The van der Waals surface area contributed by atoms with Crippen molar-refractivity contribution in [1.29, 1.82) is 0 Å². The largest absolute Gasteiger partial charge is 0.355 e. The highest BCUT2D eigenvalue weighted by Gasteiger charge is 2.41. The molecule has 0 saturated heterocycles. The van der Waals surface area contributed by atoms with E-state index in [4.69, 9.17) is 23.1 Å². The van der Waals surface area contributed by atoms with Crippen LogP contribution in [0.2, 0.25) is 0 Å². The summed E-state index contributed by atoms with van der Waals surface area (Å²) in [5.41, 5.74) is 6.15. The zero-order valence-electron chi connectivity index (χ0n) is 10.6. The van der Waals surface area contributed by atoms with Gasteiger partial charge >= 0.3 is 0 Å². The number of nitrogens with two attached hydrogens (primary N) is 1. The van der Waals surface area contributed by atoms with Crippen LogP contribution in [0.5, 0.6) is 0 Å². The molecule has 1 aliphatic carbocycles. The van der Waals surface area contributed by atoms with Crippen LogP contribution in [-0.2, 0) is 9.47 Å². The van der Waals surface area contributed by atoms with E-state index in [-0.39, 0.29) is 12.0 Å². The lowest BCUT2D eigenvalue weighted by molar-refractivity contribution is -0.268. The van der Waals surface area contributed by atoms with Crippen molar-refractivity contribution in [3.63, 3.8) is 0 Å². The third-order valence-corrected chi connectivity index (χ3v) is 3.16. The summed E-state index contributed by atoms with van der Waals surface area (Å²) in [6, 6.07) is -0.327. The minimum atomic E-state index is -0.635. The van der Waals surface area contributed by atoms with Crippen molar-refractivity contribution in [3.05, 3.63) is 0 Å². The minimum absolute atomic E-state index is 0.0506. The average molecular weight is 225 g/mol. The predicted octanol–water partition coefficient (Wildman–Crippen LogP) is 1.93. The zero-order chi connectivity index (χ0) is 12.0. The molecule has 4 heteroatoms. The Bertz CT molecular complexity index is 203. The Morgan fingerprint density at radius 2 is 2.19 bits per heavy atom. The molecule has 2 N–H and O–H groups in total. The molecule has 1 saturated carbocycles. The van der Waals surface area contributed by atoms with Crippen LogP contribution in [0.1, 0.15) is 52.4 Å². The Balaban J connectivity index is 2.65. The molecule has 2 radical (unpaired) electrons. The van der Waals surface area contributed by atoms with Gasteiger partial charge in [-0.05, 0) is 25.7 Å². The predicted molar refractivity (Wildman–Crippen MR) is 66.3 cm³/mol. The van der Waals surface area contributed by atoms with E-state index < -0.39 is 5.79 Å². The summed E-state index contributed by atoms with van der Waals surface area (Å²) >= 11 is 0. The van der Waals surface area contributed by atoms with Gasteiger partial charge in [-0.15, -0.1) is 0 Å². The van der Waals surface area contributed by atoms with Gasteiger partial charge in [-0.25, -0.2) is 0 Å². The fraction of sp³-hybridized carbons (Fsp3) is 1.00. The van der Waals surface area contributed by atoms with Gasteiger partial charge in [0.15, 0.2) is 5.79 Å². The Morgan fingerprint density at radius 3 is 2.75 bits per heavy atom. The summed E-state index contributed by atoms with van der Waals surface area (Å²) in [6.07, 6.45) is 5.84. The smallest absolute Gasteiger partial charge is 0.182 e. The van der Waals surface area contributed by atoms with Crippen molar-refractivity contribution in [2.45, 2.75) is 70.2 Å². The molecule has 3 atom stereocenters. The molecule has 0 amide bonds. The van der Waals surface area contributed by atoms with Crippen molar-refractivity contribution in [3.8, 4) is 0 Å². The van der Waals surface area contributed by atoms with Gasteiger partial charge < -0.3 is 15.2 Å². The van der Waals surface area contributed by atoms with Crippen LogP contribution in [0.25, 0.3) is 0 Å². The number of rotatable bonds is 6. The van der Waals surface area contributed by atoms with E-state index >= 15 is 0 Å². The molecule has 0 heterocycles. The third kappa shape index (κ3) is 3.47. The molecule has 1 rings (SSSR count). The summed E-state index contributed by atoms with van der Waals surface area (Å²) < 4.78 is 11.8. The molecule has 3 unspecified atom stereocenters. The van der Waals surface area contributed by atoms with Crippen LogP contribution in [0, 0.1) is 0 Å². The van der Waals surface area contributed by atoms with E-state index in [9.17, 15) is 0 Å². The standard InChI is InChI=1S/C12H24BNO2/c1-3-9-15-12(16-11(13)4-2)8-6-5-7-10(12)14/h10-11H,3-9,14H2,1-2H3. The van der Waals surface area contributed by atoms with Crippen LogP contribution in [0.3, 0.4) is 0 Å². The van der Waals surface area contributed by atoms with Crippen LogP contribution in [0.15, 0.2) is 0 Å². The van der Waals surface area contributed by atoms with Gasteiger partial charge in [0.1, 0.15) is 7.85 Å². The lowest BCUT2D eigenvalue weighted by Crippen LogP contribution is -2.55. The summed E-state index contributed by atoms with van der Waals surface area (Å²) in [5, 5.41) is 0. The molecule has 0 spiro atoms. The van der Waals surface area contributed by atoms with Gasteiger partial charge in [0.25, 0.3) is 0 Å². The Kier molecular flexibility index (Phi) is 5.80. The first kappa shape index (κ1) is 14.0. The monoisotopic (exact) mass is 225 g/mol. The summed E-state index contributed by atoms with van der Waals surface area (Å²) in [5.74, 6) is -0.635. The third-order valence-electron chi connectivity index (χ3n) is 3.16. The average Bonchev–Trinajstić information content (AvgIpc) is 2.30. The molecular weight excluding hydrogens is 201 g/mol. The molecule has 0 aromatic rings. The van der Waals surface area contributed by atoms with Crippen molar-refractivity contribution in [2.24, 2.45) is 5.73 Å². The highest BCUT2D eigenvalue weighted by atomic mass is 16.7. The molecule has 92 valence electrons.